The predicted octanol–water partition coefficient (Wildman–Crippen LogP) is 5.26. The molecule has 0 amide bonds. The standard InChI is InChI=1S/C22H34O4S/c1-22(2,23)16-26-27(24,25)21-15-19(17-9-5-3-6-10-17)13-14-20(21)18-11-7-4-8-12-18/h13-15,17-18,23H,3-12,16H2,1-2H3. The Labute approximate surface area is 164 Å². The Morgan fingerprint density at radius 3 is 2.07 bits per heavy atom. The third-order valence-electron chi connectivity index (χ3n) is 6.00. The molecule has 0 saturated heterocycles. The lowest BCUT2D eigenvalue weighted by atomic mass is 9.81. The van der Waals surface area contributed by atoms with Gasteiger partial charge in [0.2, 0.25) is 0 Å². The number of rotatable bonds is 6. The first-order chi connectivity index (χ1) is 12.8. The van der Waals surface area contributed by atoms with Crippen LogP contribution in [0.2, 0.25) is 0 Å². The molecule has 0 spiro atoms. The largest absolute Gasteiger partial charge is 0.388 e. The Morgan fingerprint density at radius 1 is 0.963 bits per heavy atom. The fraction of sp³-hybridized carbons (Fsp3) is 0.727. The van der Waals surface area contributed by atoms with Crippen molar-refractivity contribution in [3.8, 4) is 0 Å². The summed E-state index contributed by atoms with van der Waals surface area (Å²) in [7, 11) is -3.89. The molecule has 1 aromatic carbocycles. The molecule has 0 atom stereocenters. The van der Waals surface area contributed by atoms with Crippen LogP contribution in [0, 0.1) is 0 Å². The average Bonchev–Trinajstić information content (AvgIpc) is 2.67. The molecule has 2 saturated carbocycles. The predicted molar refractivity (Wildman–Crippen MR) is 108 cm³/mol. The zero-order chi connectivity index (χ0) is 19.5. The second-order valence-electron chi connectivity index (χ2n) is 9.00. The molecule has 5 heteroatoms. The minimum absolute atomic E-state index is 0.229. The molecular formula is C22H34O4S. The van der Waals surface area contributed by atoms with Gasteiger partial charge in [0, 0.05) is 0 Å². The van der Waals surface area contributed by atoms with E-state index in [1.54, 1.807) is 13.8 Å². The molecule has 0 unspecified atom stereocenters. The van der Waals surface area contributed by atoms with Crippen LogP contribution in [0.4, 0.5) is 0 Å². The molecule has 2 aliphatic rings. The number of aliphatic hydroxyl groups is 1. The van der Waals surface area contributed by atoms with Gasteiger partial charge in [-0.2, -0.15) is 8.42 Å². The van der Waals surface area contributed by atoms with Crippen LogP contribution in [-0.4, -0.2) is 25.7 Å². The van der Waals surface area contributed by atoms with Gasteiger partial charge in [-0.3, -0.25) is 4.18 Å². The highest BCUT2D eigenvalue weighted by Crippen LogP contribution is 2.40. The molecule has 4 nitrogen and oxygen atoms in total. The molecule has 3 rings (SSSR count). The maximum atomic E-state index is 13.0. The van der Waals surface area contributed by atoms with Gasteiger partial charge in [0.1, 0.15) is 0 Å². The van der Waals surface area contributed by atoms with Gasteiger partial charge in [0.05, 0.1) is 17.1 Å². The van der Waals surface area contributed by atoms with Crippen LogP contribution in [0.1, 0.15) is 101 Å². The second kappa shape index (κ2) is 8.62. The molecular weight excluding hydrogens is 360 g/mol. The first-order valence-corrected chi connectivity index (χ1v) is 11.9. The van der Waals surface area contributed by atoms with Crippen LogP contribution >= 0.6 is 0 Å². The molecule has 0 radical (unpaired) electrons. The van der Waals surface area contributed by atoms with Crippen molar-refractivity contribution in [3.63, 3.8) is 0 Å². The normalized spacial score (nSPS) is 20.7. The van der Waals surface area contributed by atoms with E-state index < -0.39 is 15.7 Å². The van der Waals surface area contributed by atoms with Gasteiger partial charge in [-0.15, -0.1) is 0 Å². The van der Waals surface area contributed by atoms with Crippen LogP contribution in [0.3, 0.4) is 0 Å². The topological polar surface area (TPSA) is 63.6 Å². The Kier molecular flexibility index (Phi) is 6.65. The van der Waals surface area contributed by atoms with Crippen molar-refractivity contribution in [3.05, 3.63) is 29.3 Å². The van der Waals surface area contributed by atoms with Crippen LogP contribution in [0.15, 0.2) is 23.1 Å². The summed E-state index contributed by atoms with van der Waals surface area (Å²) in [5, 5.41) is 9.91. The third-order valence-corrected chi connectivity index (χ3v) is 7.32. The van der Waals surface area contributed by atoms with E-state index in [1.807, 2.05) is 12.1 Å². The highest BCUT2D eigenvalue weighted by molar-refractivity contribution is 7.86. The van der Waals surface area contributed by atoms with Crippen molar-refractivity contribution in [1.29, 1.82) is 0 Å². The molecule has 2 aliphatic carbocycles. The Bertz CT molecular complexity index is 721. The average molecular weight is 395 g/mol. The summed E-state index contributed by atoms with van der Waals surface area (Å²) in [6.07, 6.45) is 11.6. The first-order valence-electron chi connectivity index (χ1n) is 10.5. The lowest BCUT2D eigenvalue weighted by Gasteiger charge is -2.27. The van der Waals surface area contributed by atoms with E-state index in [0.29, 0.717) is 10.8 Å². The third kappa shape index (κ3) is 5.55. The summed E-state index contributed by atoms with van der Waals surface area (Å²) in [4.78, 5) is 0.335. The smallest absolute Gasteiger partial charge is 0.297 e. The van der Waals surface area contributed by atoms with E-state index in [1.165, 1.54) is 25.7 Å². The van der Waals surface area contributed by atoms with E-state index in [9.17, 15) is 13.5 Å². The Hall–Kier alpha value is -0.910. The summed E-state index contributed by atoms with van der Waals surface area (Å²) in [5.74, 6) is 0.733. The van der Waals surface area contributed by atoms with Gasteiger partial charge in [-0.05, 0) is 68.6 Å². The first kappa shape index (κ1) is 20.8. The monoisotopic (exact) mass is 394 g/mol. The quantitative estimate of drug-likeness (QED) is 0.669. The van der Waals surface area contributed by atoms with E-state index in [-0.39, 0.29) is 12.5 Å². The molecule has 0 aliphatic heterocycles. The second-order valence-corrected chi connectivity index (χ2v) is 10.6. The maximum Gasteiger partial charge on any atom is 0.297 e. The van der Waals surface area contributed by atoms with E-state index in [4.69, 9.17) is 4.18 Å². The minimum atomic E-state index is -3.89. The molecule has 2 fully saturated rings. The van der Waals surface area contributed by atoms with Crippen molar-refractivity contribution >= 4 is 10.1 Å². The summed E-state index contributed by atoms with van der Waals surface area (Å²) in [6.45, 7) is 2.89. The minimum Gasteiger partial charge on any atom is -0.388 e. The van der Waals surface area contributed by atoms with Crippen molar-refractivity contribution in [2.45, 2.75) is 100 Å². The zero-order valence-electron chi connectivity index (χ0n) is 16.7. The summed E-state index contributed by atoms with van der Waals surface area (Å²) in [5.41, 5.74) is 0.851. The zero-order valence-corrected chi connectivity index (χ0v) is 17.6. The fourth-order valence-electron chi connectivity index (χ4n) is 4.49. The number of hydrogen-bond donors (Lipinski definition) is 1. The number of hydrogen-bond acceptors (Lipinski definition) is 4. The molecule has 0 heterocycles. The highest BCUT2D eigenvalue weighted by atomic mass is 32.2. The Balaban J connectivity index is 1.95. The van der Waals surface area contributed by atoms with Gasteiger partial charge >= 0.3 is 0 Å². The maximum absolute atomic E-state index is 13.0. The highest BCUT2D eigenvalue weighted by Gasteiger charge is 2.29. The fourth-order valence-corrected chi connectivity index (χ4v) is 5.87. The molecule has 1 aromatic rings. The van der Waals surface area contributed by atoms with Crippen LogP contribution in [-0.2, 0) is 14.3 Å². The van der Waals surface area contributed by atoms with Crippen molar-refractivity contribution in [2.75, 3.05) is 6.61 Å². The molecule has 0 bridgehead atoms. The van der Waals surface area contributed by atoms with E-state index >= 15 is 0 Å². The van der Waals surface area contributed by atoms with E-state index in [0.717, 1.165) is 49.7 Å². The lowest BCUT2D eigenvalue weighted by molar-refractivity contribution is 0.0307. The van der Waals surface area contributed by atoms with Crippen LogP contribution in [0.25, 0.3) is 0 Å². The Morgan fingerprint density at radius 2 is 1.52 bits per heavy atom. The van der Waals surface area contributed by atoms with Crippen molar-refractivity contribution < 1.29 is 17.7 Å². The SMILES string of the molecule is CC(C)(O)COS(=O)(=O)c1cc(C2CCCCC2)ccc1C1CCCCC1. The van der Waals surface area contributed by atoms with Gasteiger partial charge in [-0.1, -0.05) is 50.7 Å². The molecule has 152 valence electrons. The van der Waals surface area contributed by atoms with Crippen LogP contribution in [0.5, 0.6) is 0 Å². The van der Waals surface area contributed by atoms with Crippen molar-refractivity contribution in [2.24, 2.45) is 0 Å². The van der Waals surface area contributed by atoms with Gasteiger partial charge in [0.15, 0.2) is 0 Å². The number of benzene rings is 1. The molecule has 1 N–H and O–H groups in total. The van der Waals surface area contributed by atoms with Gasteiger partial charge in [0.25, 0.3) is 10.1 Å². The molecule has 0 aromatic heterocycles. The van der Waals surface area contributed by atoms with Gasteiger partial charge < -0.3 is 5.11 Å². The lowest BCUT2D eigenvalue weighted by Crippen LogP contribution is -2.28. The summed E-state index contributed by atoms with van der Waals surface area (Å²) in [6, 6.07) is 6.06. The summed E-state index contributed by atoms with van der Waals surface area (Å²) >= 11 is 0. The molecule has 27 heavy (non-hydrogen) atoms. The van der Waals surface area contributed by atoms with Gasteiger partial charge in [-0.25, -0.2) is 0 Å². The van der Waals surface area contributed by atoms with E-state index in [2.05, 4.69) is 6.07 Å². The summed E-state index contributed by atoms with van der Waals surface area (Å²) < 4.78 is 31.4. The van der Waals surface area contributed by atoms with Crippen LogP contribution < -0.4 is 0 Å². The van der Waals surface area contributed by atoms with Crippen molar-refractivity contribution in [1.82, 2.24) is 0 Å².